The van der Waals surface area contributed by atoms with Gasteiger partial charge < -0.3 is 20.5 Å². The summed E-state index contributed by atoms with van der Waals surface area (Å²) in [4.78, 5) is 33.9. The summed E-state index contributed by atoms with van der Waals surface area (Å²) >= 11 is 6.43. The second kappa shape index (κ2) is 10.7. The number of ether oxygens (including phenoxy) is 1. The van der Waals surface area contributed by atoms with Gasteiger partial charge in [-0.25, -0.2) is 4.79 Å². The van der Waals surface area contributed by atoms with E-state index in [1.54, 1.807) is 36.5 Å². The number of aromatic nitrogens is 1. The Morgan fingerprint density at radius 3 is 2.68 bits per heavy atom. The maximum absolute atomic E-state index is 12.8. The van der Waals surface area contributed by atoms with Crippen molar-refractivity contribution in [2.75, 3.05) is 20.3 Å². The molecule has 1 amide bonds. The lowest BCUT2D eigenvalue weighted by molar-refractivity contribution is -0.136. The summed E-state index contributed by atoms with van der Waals surface area (Å²) in [6.45, 7) is 0.0171. The van der Waals surface area contributed by atoms with Gasteiger partial charge >= 0.3 is 5.97 Å². The Balaban J connectivity index is 2.04. The van der Waals surface area contributed by atoms with Gasteiger partial charge in [-0.1, -0.05) is 35.9 Å². The minimum absolute atomic E-state index is 0.105. The van der Waals surface area contributed by atoms with E-state index in [2.05, 4.69) is 15.6 Å². The molecule has 8 nitrogen and oxygen atoms in total. The molecule has 2 aromatic rings. The predicted octanol–water partition coefficient (Wildman–Crippen LogP) is 2.14. The smallest absolute Gasteiger partial charge is 0.338 e. The van der Waals surface area contributed by atoms with Gasteiger partial charge in [-0.15, -0.1) is 0 Å². The molecule has 1 aliphatic rings. The molecule has 3 N–H and O–H groups in total. The first-order valence-electron chi connectivity index (χ1n) is 9.74. The van der Waals surface area contributed by atoms with Crippen molar-refractivity contribution in [2.45, 2.75) is 18.9 Å². The van der Waals surface area contributed by atoms with Crippen molar-refractivity contribution in [3.05, 3.63) is 76.2 Å². The quantitative estimate of drug-likeness (QED) is 0.540. The van der Waals surface area contributed by atoms with Crippen LogP contribution in [0.2, 0.25) is 5.02 Å². The van der Waals surface area contributed by atoms with Crippen molar-refractivity contribution in [3.63, 3.8) is 0 Å². The molecular formula is C22H23ClN4O4. The van der Waals surface area contributed by atoms with E-state index in [1.807, 2.05) is 12.1 Å². The fourth-order valence-electron chi connectivity index (χ4n) is 3.22. The van der Waals surface area contributed by atoms with Crippen LogP contribution in [0.25, 0.3) is 0 Å². The molecule has 0 aliphatic carbocycles. The minimum Gasteiger partial charge on any atom is -0.466 e. The molecule has 9 heteroatoms. The summed E-state index contributed by atoms with van der Waals surface area (Å²) < 4.78 is 5.03. The van der Waals surface area contributed by atoms with Gasteiger partial charge in [-0.3, -0.25) is 14.8 Å². The number of esters is 1. The SMILES string of the molecule is COC(=O)C1=C(CCC(=O)NCCO)NC(c2ccccn2)=NC1c1ccccc1Cl. The van der Waals surface area contributed by atoms with Crippen molar-refractivity contribution < 1.29 is 19.4 Å². The molecule has 0 bridgehead atoms. The molecule has 3 rings (SSSR count). The van der Waals surface area contributed by atoms with E-state index in [9.17, 15) is 9.59 Å². The van der Waals surface area contributed by atoms with Crippen LogP contribution in [0.5, 0.6) is 0 Å². The zero-order valence-electron chi connectivity index (χ0n) is 17.0. The van der Waals surface area contributed by atoms with Gasteiger partial charge in [0.25, 0.3) is 0 Å². The molecule has 0 fully saturated rings. The van der Waals surface area contributed by atoms with Crippen LogP contribution in [-0.4, -0.2) is 48.1 Å². The number of amides is 1. The number of carbonyl (C=O) groups excluding carboxylic acids is 2. The Morgan fingerprint density at radius 2 is 2.00 bits per heavy atom. The van der Waals surface area contributed by atoms with Crippen molar-refractivity contribution in [1.29, 1.82) is 0 Å². The van der Waals surface area contributed by atoms with Gasteiger partial charge in [-0.2, -0.15) is 0 Å². The number of amidine groups is 1. The number of nitrogens with zero attached hydrogens (tertiary/aromatic N) is 2. The number of methoxy groups -OCH3 is 1. The van der Waals surface area contributed by atoms with Crippen LogP contribution in [0, 0.1) is 0 Å². The molecule has 1 aromatic heterocycles. The number of aliphatic imine (C=N–C) groups is 1. The van der Waals surface area contributed by atoms with Crippen molar-refractivity contribution in [3.8, 4) is 0 Å². The van der Waals surface area contributed by atoms with E-state index in [-0.39, 0.29) is 37.5 Å². The third kappa shape index (κ3) is 5.48. The molecule has 0 spiro atoms. The number of allylic oxidation sites excluding steroid dienone is 1. The maximum Gasteiger partial charge on any atom is 0.338 e. The average molecular weight is 443 g/mol. The van der Waals surface area contributed by atoms with Crippen LogP contribution < -0.4 is 10.6 Å². The van der Waals surface area contributed by atoms with Gasteiger partial charge in [0.2, 0.25) is 5.91 Å². The zero-order valence-corrected chi connectivity index (χ0v) is 17.7. The van der Waals surface area contributed by atoms with Crippen LogP contribution in [-0.2, 0) is 14.3 Å². The Kier molecular flexibility index (Phi) is 7.75. The summed E-state index contributed by atoms with van der Waals surface area (Å²) in [6.07, 6.45) is 1.98. The van der Waals surface area contributed by atoms with Gasteiger partial charge in [0, 0.05) is 35.4 Å². The molecular weight excluding hydrogens is 420 g/mol. The van der Waals surface area contributed by atoms with E-state index in [0.29, 0.717) is 27.8 Å². The highest BCUT2D eigenvalue weighted by Crippen LogP contribution is 2.36. The lowest BCUT2D eigenvalue weighted by Gasteiger charge is -2.27. The van der Waals surface area contributed by atoms with Gasteiger partial charge in [-0.05, 0) is 24.6 Å². The normalized spacial score (nSPS) is 15.7. The third-order valence-corrected chi connectivity index (χ3v) is 5.02. The fourth-order valence-corrected chi connectivity index (χ4v) is 3.46. The summed E-state index contributed by atoms with van der Waals surface area (Å²) in [7, 11) is 1.29. The standard InChI is InChI=1S/C22H23ClN4O4/c1-31-22(30)19-16(9-10-18(29)25-12-13-28)26-21(17-8-4-5-11-24-17)27-20(19)14-6-2-3-7-15(14)23/h2-8,11,20,28H,9-10,12-13H2,1H3,(H,25,29)(H,26,27). The van der Waals surface area contributed by atoms with E-state index >= 15 is 0 Å². The Hall–Kier alpha value is -3.23. The average Bonchev–Trinajstić information content (AvgIpc) is 2.81. The molecule has 1 aromatic carbocycles. The topological polar surface area (TPSA) is 113 Å². The lowest BCUT2D eigenvalue weighted by atomic mass is 9.93. The number of aliphatic hydroxyl groups is 1. The Morgan fingerprint density at radius 1 is 1.23 bits per heavy atom. The van der Waals surface area contributed by atoms with Gasteiger partial charge in [0.15, 0.2) is 5.84 Å². The molecule has 1 unspecified atom stereocenters. The van der Waals surface area contributed by atoms with Crippen molar-refractivity contribution in [1.82, 2.24) is 15.6 Å². The van der Waals surface area contributed by atoms with Crippen molar-refractivity contribution in [2.24, 2.45) is 4.99 Å². The first-order valence-corrected chi connectivity index (χ1v) is 10.1. The van der Waals surface area contributed by atoms with Crippen LogP contribution in [0.15, 0.2) is 64.9 Å². The zero-order chi connectivity index (χ0) is 22.2. The minimum atomic E-state index is -0.727. The largest absolute Gasteiger partial charge is 0.466 e. The van der Waals surface area contributed by atoms with Gasteiger partial charge in [0.1, 0.15) is 11.7 Å². The first kappa shape index (κ1) is 22.5. The molecule has 2 heterocycles. The summed E-state index contributed by atoms with van der Waals surface area (Å²) in [5.74, 6) is -0.347. The molecule has 1 atom stereocenters. The summed E-state index contributed by atoms with van der Waals surface area (Å²) in [5, 5.41) is 15.1. The molecule has 0 saturated heterocycles. The van der Waals surface area contributed by atoms with Crippen molar-refractivity contribution >= 4 is 29.3 Å². The molecule has 0 saturated carbocycles. The monoisotopic (exact) mass is 442 g/mol. The molecule has 0 radical (unpaired) electrons. The van der Waals surface area contributed by atoms with Crippen LogP contribution >= 0.6 is 11.6 Å². The number of benzene rings is 1. The fraction of sp³-hybridized carbons (Fsp3) is 0.273. The highest BCUT2D eigenvalue weighted by atomic mass is 35.5. The van der Waals surface area contributed by atoms with E-state index < -0.39 is 12.0 Å². The lowest BCUT2D eigenvalue weighted by Crippen LogP contribution is -2.35. The van der Waals surface area contributed by atoms with E-state index in [1.165, 1.54) is 7.11 Å². The Labute approximate surface area is 185 Å². The number of hydrogen-bond acceptors (Lipinski definition) is 7. The Bertz CT molecular complexity index is 1010. The summed E-state index contributed by atoms with van der Waals surface area (Å²) in [5.41, 5.74) is 2.02. The highest BCUT2D eigenvalue weighted by molar-refractivity contribution is 6.31. The number of aliphatic hydroxyl groups excluding tert-OH is 1. The number of pyridine rings is 1. The number of hydrogen-bond donors (Lipinski definition) is 3. The van der Waals surface area contributed by atoms with E-state index in [4.69, 9.17) is 26.4 Å². The van der Waals surface area contributed by atoms with Gasteiger partial charge in [0.05, 0.1) is 19.3 Å². The number of rotatable bonds is 8. The second-order valence-corrected chi connectivity index (χ2v) is 7.11. The van der Waals surface area contributed by atoms with Crippen LogP contribution in [0.1, 0.15) is 30.1 Å². The number of carbonyl (C=O) groups is 2. The highest BCUT2D eigenvalue weighted by Gasteiger charge is 2.33. The molecule has 1 aliphatic heterocycles. The maximum atomic E-state index is 12.8. The molecule has 31 heavy (non-hydrogen) atoms. The van der Waals surface area contributed by atoms with Crippen LogP contribution in [0.4, 0.5) is 0 Å². The predicted molar refractivity (Wildman–Crippen MR) is 116 cm³/mol. The summed E-state index contributed by atoms with van der Waals surface area (Å²) in [6, 6.07) is 11.8. The first-order chi connectivity index (χ1) is 15.0. The molecule has 162 valence electrons. The van der Waals surface area contributed by atoms with E-state index in [0.717, 1.165) is 0 Å². The third-order valence-electron chi connectivity index (χ3n) is 4.67. The number of halogens is 1. The second-order valence-electron chi connectivity index (χ2n) is 6.70. The van der Waals surface area contributed by atoms with Crippen LogP contribution in [0.3, 0.4) is 0 Å². The number of nitrogens with one attached hydrogen (secondary N) is 2.